The number of unbranched alkanes of at least 4 members (excludes halogenated alkanes) is 3. The lowest BCUT2D eigenvalue weighted by atomic mass is 10.2. The molecule has 0 unspecified atom stereocenters. The molecule has 0 aliphatic rings. The van der Waals surface area contributed by atoms with Crippen molar-refractivity contribution < 1.29 is 8.42 Å². The summed E-state index contributed by atoms with van der Waals surface area (Å²) in [5, 5.41) is 3.24. The number of nitrogens with one attached hydrogen (secondary N) is 1. The van der Waals surface area contributed by atoms with Crippen LogP contribution in [0.15, 0.2) is 52.9 Å². The Morgan fingerprint density at radius 3 is 2.56 bits per heavy atom. The Hall–Kier alpha value is -1.82. The van der Waals surface area contributed by atoms with Gasteiger partial charge in [-0.05, 0) is 37.8 Å². The molecule has 1 aromatic rings. The van der Waals surface area contributed by atoms with E-state index in [4.69, 9.17) is 0 Å². The summed E-state index contributed by atoms with van der Waals surface area (Å²) in [6, 6.07) is 8.59. The third kappa shape index (κ3) is 8.20. The van der Waals surface area contributed by atoms with Crippen LogP contribution in [0.2, 0.25) is 0 Å². The lowest BCUT2D eigenvalue weighted by molar-refractivity contribution is 0.455. The molecule has 0 aromatic heterocycles. The molecule has 0 amide bonds. The van der Waals surface area contributed by atoms with Gasteiger partial charge < -0.3 is 10.2 Å². The van der Waals surface area contributed by atoms with Gasteiger partial charge in [-0.15, -0.1) is 6.58 Å². The Kier molecular flexibility index (Phi) is 9.92. The highest BCUT2D eigenvalue weighted by molar-refractivity contribution is 7.91. The molecule has 0 heterocycles. The van der Waals surface area contributed by atoms with E-state index in [0.717, 1.165) is 25.3 Å². The van der Waals surface area contributed by atoms with Gasteiger partial charge in [-0.1, -0.05) is 30.7 Å². The van der Waals surface area contributed by atoms with Crippen LogP contribution in [0.1, 0.15) is 32.1 Å². The maximum Gasteiger partial charge on any atom is 0.193 e. The molecule has 1 rings (SSSR count). The highest BCUT2D eigenvalue weighted by atomic mass is 32.2. The quantitative estimate of drug-likeness (QED) is 0.283. The number of rotatable bonds is 11. The summed E-state index contributed by atoms with van der Waals surface area (Å²) in [5.74, 6) is 0.938. The predicted octanol–water partition coefficient (Wildman–Crippen LogP) is 3.10. The fourth-order valence-corrected chi connectivity index (χ4v) is 3.85. The SMILES string of the molecule is C=CCCCCCN(C)C(=NC)NCCCS(=O)(=O)c1ccccc1. The third-order valence-corrected chi connectivity index (χ3v) is 5.77. The van der Waals surface area contributed by atoms with Crippen LogP contribution >= 0.6 is 0 Å². The van der Waals surface area contributed by atoms with E-state index in [-0.39, 0.29) is 5.75 Å². The van der Waals surface area contributed by atoms with Crippen LogP contribution in [0, 0.1) is 0 Å². The zero-order valence-corrected chi connectivity index (χ0v) is 16.3. The summed E-state index contributed by atoms with van der Waals surface area (Å²) in [4.78, 5) is 6.73. The summed E-state index contributed by atoms with van der Waals surface area (Å²) >= 11 is 0. The Balaban J connectivity index is 2.32. The highest BCUT2D eigenvalue weighted by Crippen LogP contribution is 2.10. The van der Waals surface area contributed by atoms with Crippen molar-refractivity contribution in [3.05, 3.63) is 43.0 Å². The smallest absolute Gasteiger partial charge is 0.193 e. The lowest BCUT2D eigenvalue weighted by Crippen LogP contribution is -2.40. The molecule has 0 spiro atoms. The van der Waals surface area contributed by atoms with Crippen molar-refractivity contribution in [2.75, 3.05) is 32.9 Å². The van der Waals surface area contributed by atoms with Gasteiger partial charge in [0.05, 0.1) is 10.6 Å². The molecule has 0 aliphatic carbocycles. The topological polar surface area (TPSA) is 61.8 Å². The van der Waals surface area contributed by atoms with E-state index in [1.54, 1.807) is 31.3 Å². The fraction of sp³-hybridized carbons (Fsp3) is 0.526. The molecule has 1 N–H and O–H groups in total. The molecule has 6 heteroatoms. The second-order valence-corrected chi connectivity index (χ2v) is 8.13. The molecule has 25 heavy (non-hydrogen) atoms. The van der Waals surface area contributed by atoms with Gasteiger partial charge in [0, 0.05) is 27.2 Å². The van der Waals surface area contributed by atoms with E-state index in [9.17, 15) is 8.42 Å². The molecule has 1 aromatic carbocycles. The van der Waals surface area contributed by atoms with Gasteiger partial charge >= 0.3 is 0 Å². The number of sulfone groups is 1. The fourth-order valence-electron chi connectivity index (χ4n) is 2.51. The Morgan fingerprint density at radius 2 is 1.92 bits per heavy atom. The van der Waals surface area contributed by atoms with Crippen molar-refractivity contribution in [2.45, 2.75) is 37.0 Å². The first-order valence-electron chi connectivity index (χ1n) is 8.81. The molecule has 0 atom stereocenters. The summed E-state index contributed by atoms with van der Waals surface area (Å²) in [5.41, 5.74) is 0. The zero-order valence-electron chi connectivity index (χ0n) is 15.4. The van der Waals surface area contributed by atoms with Crippen molar-refractivity contribution in [3.8, 4) is 0 Å². The first-order chi connectivity index (χ1) is 12.0. The van der Waals surface area contributed by atoms with Crippen LogP contribution in [0.5, 0.6) is 0 Å². The number of hydrogen-bond donors (Lipinski definition) is 1. The first kappa shape index (κ1) is 21.2. The van der Waals surface area contributed by atoms with Crippen LogP contribution in [0.25, 0.3) is 0 Å². The van der Waals surface area contributed by atoms with E-state index in [2.05, 4.69) is 21.8 Å². The Labute approximate surface area is 152 Å². The van der Waals surface area contributed by atoms with Gasteiger partial charge in [-0.25, -0.2) is 8.42 Å². The summed E-state index contributed by atoms with van der Waals surface area (Å²) in [6.07, 6.45) is 7.00. The molecule has 0 saturated carbocycles. The summed E-state index contributed by atoms with van der Waals surface area (Å²) in [6.45, 7) is 5.24. The van der Waals surface area contributed by atoms with Crippen molar-refractivity contribution in [1.82, 2.24) is 10.2 Å². The average molecular weight is 366 g/mol. The molecule has 0 saturated heterocycles. The zero-order chi connectivity index (χ0) is 18.5. The van der Waals surface area contributed by atoms with Crippen molar-refractivity contribution in [1.29, 1.82) is 0 Å². The largest absolute Gasteiger partial charge is 0.356 e. The van der Waals surface area contributed by atoms with Gasteiger partial charge in [0.1, 0.15) is 0 Å². The van der Waals surface area contributed by atoms with Crippen LogP contribution in [0.3, 0.4) is 0 Å². The standard InChI is InChI=1S/C19H31N3O2S/c1-4-5-6-7-11-16-22(3)19(20-2)21-15-12-17-25(23,24)18-13-9-8-10-14-18/h4,8-10,13-14H,1,5-7,11-12,15-17H2,2-3H3,(H,20,21). The Morgan fingerprint density at radius 1 is 1.20 bits per heavy atom. The minimum Gasteiger partial charge on any atom is -0.356 e. The van der Waals surface area contributed by atoms with Crippen LogP contribution in [-0.2, 0) is 9.84 Å². The second-order valence-electron chi connectivity index (χ2n) is 6.02. The molecule has 140 valence electrons. The molecule has 0 aliphatic heterocycles. The van der Waals surface area contributed by atoms with Gasteiger partial charge in [0.2, 0.25) is 0 Å². The van der Waals surface area contributed by atoms with Crippen molar-refractivity contribution in [2.24, 2.45) is 4.99 Å². The number of hydrogen-bond acceptors (Lipinski definition) is 3. The van der Waals surface area contributed by atoms with Crippen LogP contribution < -0.4 is 5.32 Å². The summed E-state index contributed by atoms with van der Waals surface area (Å²) in [7, 11) is 0.541. The third-order valence-electron chi connectivity index (χ3n) is 3.95. The number of guanidine groups is 1. The van der Waals surface area contributed by atoms with E-state index in [1.165, 1.54) is 12.8 Å². The van der Waals surface area contributed by atoms with Crippen molar-refractivity contribution in [3.63, 3.8) is 0 Å². The first-order valence-corrected chi connectivity index (χ1v) is 10.5. The average Bonchev–Trinajstić information content (AvgIpc) is 2.62. The minimum absolute atomic E-state index is 0.131. The summed E-state index contributed by atoms with van der Waals surface area (Å²) < 4.78 is 24.5. The van der Waals surface area contributed by atoms with E-state index in [1.807, 2.05) is 19.2 Å². The highest BCUT2D eigenvalue weighted by Gasteiger charge is 2.13. The van der Waals surface area contributed by atoms with Gasteiger partial charge in [-0.2, -0.15) is 0 Å². The number of allylic oxidation sites excluding steroid dienone is 1. The molecule has 0 radical (unpaired) electrons. The van der Waals surface area contributed by atoms with Crippen molar-refractivity contribution >= 4 is 15.8 Å². The number of nitrogens with zero attached hydrogens (tertiary/aromatic N) is 2. The number of aliphatic imine (C=N–C) groups is 1. The van der Waals surface area contributed by atoms with Crippen LogP contribution in [-0.4, -0.2) is 52.2 Å². The Bertz CT molecular complexity index is 627. The second kappa shape index (κ2) is 11.7. The molecular formula is C19H31N3O2S. The molecule has 5 nitrogen and oxygen atoms in total. The van der Waals surface area contributed by atoms with E-state index >= 15 is 0 Å². The lowest BCUT2D eigenvalue weighted by Gasteiger charge is -2.22. The monoisotopic (exact) mass is 365 g/mol. The van der Waals surface area contributed by atoms with E-state index in [0.29, 0.717) is 17.9 Å². The van der Waals surface area contributed by atoms with Crippen LogP contribution in [0.4, 0.5) is 0 Å². The molecule has 0 fully saturated rings. The minimum atomic E-state index is -3.21. The maximum atomic E-state index is 12.2. The maximum absolute atomic E-state index is 12.2. The normalized spacial score (nSPS) is 12.0. The van der Waals surface area contributed by atoms with Gasteiger partial charge in [0.15, 0.2) is 15.8 Å². The van der Waals surface area contributed by atoms with Gasteiger partial charge in [-0.3, -0.25) is 4.99 Å². The van der Waals surface area contributed by atoms with E-state index < -0.39 is 9.84 Å². The van der Waals surface area contributed by atoms with Gasteiger partial charge in [0.25, 0.3) is 0 Å². The molecule has 0 bridgehead atoms. The predicted molar refractivity (Wildman–Crippen MR) is 106 cm³/mol. The number of benzene rings is 1. The molecular weight excluding hydrogens is 334 g/mol.